The molecule has 0 radical (unpaired) electrons. The van der Waals surface area contributed by atoms with Crippen LogP contribution in [0.2, 0.25) is 5.02 Å². The smallest absolute Gasteiger partial charge is 0.216 e. The van der Waals surface area contributed by atoms with Crippen LogP contribution >= 0.6 is 24.2 Å². The molecule has 4 nitrogen and oxygen atoms in total. The Bertz CT molecular complexity index is 573. The molecule has 0 aliphatic rings. The van der Waals surface area contributed by atoms with E-state index in [1.165, 1.54) is 12.1 Å². The Morgan fingerprint density at radius 3 is 2.05 bits per heavy atom. The number of hydrogen-bond acceptors (Lipinski definition) is 4. The summed E-state index contributed by atoms with van der Waals surface area (Å²) in [6.45, 7) is 0. The molecule has 0 heterocycles. The van der Waals surface area contributed by atoms with Crippen molar-refractivity contribution in [2.24, 2.45) is 0 Å². The summed E-state index contributed by atoms with van der Waals surface area (Å²) < 4.78 is 24.3. The largest absolute Gasteiger partial charge is 0.740 e. The molecule has 7 heteroatoms. The van der Waals surface area contributed by atoms with Crippen LogP contribution in [-0.4, -0.2) is 13.9 Å². The van der Waals surface area contributed by atoms with Crippen LogP contribution in [0.3, 0.4) is 0 Å². The van der Waals surface area contributed by atoms with E-state index in [4.69, 9.17) is 11.6 Å². The van der Waals surface area contributed by atoms with Gasteiger partial charge in [-0.1, -0.05) is 41.9 Å². The fourth-order valence-corrected chi connectivity index (χ4v) is 1.69. The number of thiol groups is 1. The van der Waals surface area contributed by atoms with Crippen molar-refractivity contribution < 1.29 is 17.7 Å². The second kappa shape index (κ2) is 8.76. The van der Waals surface area contributed by atoms with Gasteiger partial charge in [0.25, 0.3) is 0 Å². The van der Waals surface area contributed by atoms with Gasteiger partial charge in [-0.3, -0.25) is 4.79 Å². The van der Waals surface area contributed by atoms with E-state index in [0.717, 1.165) is 0 Å². The molecule has 0 saturated carbocycles. The molecule has 0 aliphatic heterocycles. The van der Waals surface area contributed by atoms with E-state index < -0.39 is 11.4 Å². The number of rotatable bonds is 3. The third kappa shape index (κ3) is 6.72. The van der Waals surface area contributed by atoms with Gasteiger partial charge >= 0.3 is 0 Å². The van der Waals surface area contributed by atoms with Crippen molar-refractivity contribution in [1.82, 2.24) is 0 Å². The van der Waals surface area contributed by atoms with E-state index in [1.54, 1.807) is 24.3 Å². The highest BCUT2D eigenvalue weighted by molar-refractivity contribution is 7.97. The molecule has 20 heavy (non-hydrogen) atoms. The van der Waals surface area contributed by atoms with E-state index in [-0.39, 0.29) is 10.9 Å². The van der Waals surface area contributed by atoms with Gasteiger partial charge in [-0.25, -0.2) is 4.21 Å². The van der Waals surface area contributed by atoms with E-state index in [2.05, 4.69) is 16.8 Å². The summed E-state index contributed by atoms with van der Waals surface area (Å²) in [5, 5.41) is 0.352. The lowest BCUT2D eigenvalue weighted by atomic mass is 10.2. The fourth-order valence-electron chi connectivity index (χ4n) is 1.15. The number of carbonyl (C=O) groups is 1. The minimum absolute atomic E-state index is 0.185. The maximum Gasteiger partial charge on any atom is 0.216 e. The zero-order valence-corrected chi connectivity index (χ0v) is 12.5. The van der Waals surface area contributed by atoms with Gasteiger partial charge in [0.2, 0.25) is 5.12 Å². The Balaban J connectivity index is 0.000000204. The summed E-state index contributed by atoms with van der Waals surface area (Å²) >= 11 is 6.67. The number of halogens is 1. The molecular formula is C13H10ClO4S2-. The van der Waals surface area contributed by atoms with Gasteiger partial charge < -0.3 is 8.74 Å². The van der Waals surface area contributed by atoms with Crippen LogP contribution in [-0.2, 0) is 11.4 Å². The summed E-state index contributed by atoms with van der Waals surface area (Å²) in [4.78, 5) is 10.5. The third-order valence-electron chi connectivity index (χ3n) is 2.00. The third-order valence-corrected chi connectivity index (χ3v) is 2.84. The molecule has 0 bridgehead atoms. The summed E-state index contributed by atoms with van der Waals surface area (Å²) in [5.74, 6) is 0.253. The standard InChI is InChI=1S/C7H6OS.C6H5ClO3S/c8-7(9)6-4-2-1-3-5-6;7-5-1-3-6(4-2-5)10-11(8)9/h1-5H,(H,8,9);1-4H,(H,8,9)/p-1. The van der Waals surface area contributed by atoms with Crippen molar-refractivity contribution in [2.75, 3.05) is 0 Å². The van der Waals surface area contributed by atoms with Crippen molar-refractivity contribution in [1.29, 1.82) is 0 Å². The average Bonchev–Trinajstić information content (AvgIpc) is 2.43. The summed E-state index contributed by atoms with van der Waals surface area (Å²) in [6.07, 6.45) is 0. The normalized spacial score (nSPS) is 10.9. The second-order valence-electron chi connectivity index (χ2n) is 3.41. The molecule has 0 fully saturated rings. The summed E-state index contributed by atoms with van der Waals surface area (Å²) in [5.41, 5.74) is 0.640. The predicted molar refractivity (Wildman–Crippen MR) is 80.8 cm³/mol. The molecule has 0 saturated heterocycles. The maximum absolute atomic E-state index is 10.5. The molecule has 1 atom stereocenters. The minimum Gasteiger partial charge on any atom is -0.740 e. The Kier molecular flexibility index (Phi) is 7.32. The van der Waals surface area contributed by atoms with Gasteiger partial charge in [0.15, 0.2) is 0 Å². The van der Waals surface area contributed by atoms with Gasteiger partial charge in [-0.15, -0.1) is 12.6 Å². The van der Waals surface area contributed by atoms with Gasteiger partial charge in [0.05, 0.1) is 0 Å². The number of hydrogen-bond donors (Lipinski definition) is 1. The van der Waals surface area contributed by atoms with E-state index >= 15 is 0 Å². The topological polar surface area (TPSA) is 66.4 Å². The summed E-state index contributed by atoms with van der Waals surface area (Å²) in [6, 6.07) is 15.0. The first-order valence-corrected chi connectivity index (χ1v) is 7.13. The Morgan fingerprint density at radius 1 is 1.10 bits per heavy atom. The molecule has 106 valence electrons. The SMILES string of the molecule is O=C(S)c1ccccc1.O=S([O-])Oc1ccc(Cl)cc1. The van der Waals surface area contributed by atoms with Crippen LogP contribution in [0.1, 0.15) is 10.4 Å². The molecular weight excluding hydrogens is 320 g/mol. The molecule has 0 spiro atoms. The Labute approximate surface area is 129 Å². The van der Waals surface area contributed by atoms with Crippen LogP contribution < -0.4 is 4.18 Å². The van der Waals surface area contributed by atoms with Gasteiger partial charge in [-0.05, 0) is 24.3 Å². The predicted octanol–water partition coefficient (Wildman–Crippen LogP) is 3.27. The number of benzene rings is 2. The van der Waals surface area contributed by atoms with E-state index in [1.807, 2.05) is 18.2 Å². The van der Waals surface area contributed by atoms with Crippen LogP contribution in [0, 0.1) is 0 Å². The lowest BCUT2D eigenvalue weighted by Gasteiger charge is -2.05. The highest BCUT2D eigenvalue weighted by Crippen LogP contribution is 2.15. The summed E-state index contributed by atoms with van der Waals surface area (Å²) in [7, 11) is 0. The molecule has 2 aromatic rings. The highest BCUT2D eigenvalue weighted by Gasteiger charge is 1.94. The Morgan fingerprint density at radius 2 is 1.65 bits per heavy atom. The molecule has 2 rings (SSSR count). The van der Waals surface area contributed by atoms with Crippen molar-refractivity contribution in [2.45, 2.75) is 0 Å². The van der Waals surface area contributed by atoms with Crippen molar-refractivity contribution >= 4 is 40.7 Å². The zero-order valence-electron chi connectivity index (χ0n) is 10.1. The van der Waals surface area contributed by atoms with Crippen LogP contribution in [0.5, 0.6) is 5.75 Å². The maximum atomic E-state index is 10.5. The van der Waals surface area contributed by atoms with Crippen LogP contribution in [0.15, 0.2) is 54.6 Å². The fraction of sp³-hybridized carbons (Fsp3) is 0. The number of carbonyl (C=O) groups excluding carboxylic acids is 1. The lowest BCUT2D eigenvalue weighted by molar-refractivity contribution is 0.109. The Hall–Kier alpha value is -1.34. The molecule has 0 aliphatic carbocycles. The first-order valence-electron chi connectivity index (χ1n) is 5.30. The van der Waals surface area contributed by atoms with Crippen molar-refractivity contribution in [3.8, 4) is 5.75 Å². The first-order chi connectivity index (χ1) is 9.49. The molecule has 0 aromatic heterocycles. The van der Waals surface area contributed by atoms with Gasteiger partial charge in [0.1, 0.15) is 17.1 Å². The van der Waals surface area contributed by atoms with Gasteiger partial charge in [0, 0.05) is 10.6 Å². The van der Waals surface area contributed by atoms with E-state index in [0.29, 0.717) is 10.6 Å². The van der Waals surface area contributed by atoms with Crippen LogP contribution in [0.4, 0.5) is 0 Å². The monoisotopic (exact) mass is 329 g/mol. The van der Waals surface area contributed by atoms with E-state index in [9.17, 15) is 13.6 Å². The average molecular weight is 330 g/mol. The highest BCUT2D eigenvalue weighted by atomic mass is 35.5. The van der Waals surface area contributed by atoms with Crippen LogP contribution in [0.25, 0.3) is 0 Å². The lowest BCUT2D eigenvalue weighted by Crippen LogP contribution is -1.96. The van der Waals surface area contributed by atoms with Gasteiger partial charge in [-0.2, -0.15) is 0 Å². The van der Waals surface area contributed by atoms with Crippen molar-refractivity contribution in [3.05, 3.63) is 65.2 Å². The first kappa shape index (κ1) is 16.7. The molecule has 0 N–H and O–H groups in total. The zero-order chi connectivity index (χ0) is 15.0. The molecule has 1 unspecified atom stereocenters. The molecule has 2 aromatic carbocycles. The quantitative estimate of drug-likeness (QED) is 0.693. The minimum atomic E-state index is -2.52. The van der Waals surface area contributed by atoms with Crippen molar-refractivity contribution in [3.63, 3.8) is 0 Å². The molecule has 0 amide bonds. The second-order valence-corrected chi connectivity index (χ2v) is 4.83.